The first-order chi connectivity index (χ1) is 14.4. The molecule has 0 heterocycles. The molecule has 0 aromatic heterocycles. The number of benzene rings is 2. The topological polar surface area (TPSA) is 87.3 Å². The Morgan fingerprint density at radius 3 is 2.37 bits per heavy atom. The second-order valence-corrected chi connectivity index (χ2v) is 8.01. The Hall–Kier alpha value is -3.15. The maximum atomic E-state index is 12.7. The third-order valence-corrected chi connectivity index (χ3v) is 5.63. The average molecular weight is 408 g/mol. The fraction of sp³-hybridized carbons (Fsp3) is 0.375. The molecular weight excluding hydrogens is 378 g/mol. The fourth-order valence-electron chi connectivity index (χ4n) is 3.72. The standard InChI is InChI=1S/C24H29N3O3/c1-16-11-13-18(14-12-16)15-25-22(28)19-8-4-6-10-21(19)27-24(30)23(29)26-20-9-5-3-7-17(20)2/h4,6,8,10-14,17,20H,3,5,7,9,15H2,1-2H3,(H,25,28)(H,26,29)(H,27,30)/t17-,20-/m1/s1. The molecule has 1 aliphatic rings. The van der Waals surface area contributed by atoms with Crippen molar-refractivity contribution in [3.8, 4) is 0 Å². The predicted molar refractivity (Wildman–Crippen MR) is 117 cm³/mol. The molecule has 1 saturated carbocycles. The summed E-state index contributed by atoms with van der Waals surface area (Å²) in [4.78, 5) is 37.4. The Kier molecular flexibility index (Phi) is 7.22. The van der Waals surface area contributed by atoms with E-state index >= 15 is 0 Å². The van der Waals surface area contributed by atoms with Gasteiger partial charge in [0, 0.05) is 12.6 Å². The summed E-state index contributed by atoms with van der Waals surface area (Å²) in [6.07, 6.45) is 4.15. The van der Waals surface area contributed by atoms with E-state index in [0.29, 0.717) is 23.7 Å². The normalized spacial score (nSPS) is 18.3. The van der Waals surface area contributed by atoms with E-state index in [-0.39, 0.29) is 11.9 Å². The van der Waals surface area contributed by atoms with Crippen LogP contribution < -0.4 is 16.0 Å². The smallest absolute Gasteiger partial charge is 0.313 e. The number of aryl methyl sites for hydroxylation is 1. The number of para-hydroxylation sites is 1. The summed E-state index contributed by atoms with van der Waals surface area (Å²) in [5, 5.41) is 8.28. The highest BCUT2D eigenvalue weighted by atomic mass is 16.2. The van der Waals surface area contributed by atoms with Crippen molar-refractivity contribution in [1.82, 2.24) is 10.6 Å². The summed E-state index contributed by atoms with van der Waals surface area (Å²) >= 11 is 0. The van der Waals surface area contributed by atoms with Gasteiger partial charge in [0.25, 0.3) is 5.91 Å². The number of hydrogen-bond acceptors (Lipinski definition) is 3. The van der Waals surface area contributed by atoms with Gasteiger partial charge in [-0.05, 0) is 43.4 Å². The average Bonchev–Trinajstić information content (AvgIpc) is 2.75. The highest BCUT2D eigenvalue weighted by molar-refractivity contribution is 6.40. The molecular formula is C24H29N3O3. The molecule has 0 bridgehead atoms. The van der Waals surface area contributed by atoms with Gasteiger partial charge in [0.2, 0.25) is 0 Å². The molecule has 2 atom stereocenters. The molecule has 0 unspecified atom stereocenters. The first kappa shape index (κ1) is 21.6. The number of hydrogen-bond donors (Lipinski definition) is 3. The number of rotatable bonds is 5. The van der Waals surface area contributed by atoms with Crippen molar-refractivity contribution in [3.63, 3.8) is 0 Å². The minimum Gasteiger partial charge on any atom is -0.348 e. The zero-order valence-corrected chi connectivity index (χ0v) is 17.5. The molecule has 2 aromatic carbocycles. The summed E-state index contributed by atoms with van der Waals surface area (Å²) in [6.45, 7) is 4.48. The van der Waals surface area contributed by atoms with Gasteiger partial charge in [-0.3, -0.25) is 14.4 Å². The second kappa shape index (κ2) is 10.1. The molecule has 1 aliphatic carbocycles. The van der Waals surface area contributed by atoms with Crippen LogP contribution in [0.5, 0.6) is 0 Å². The van der Waals surface area contributed by atoms with Gasteiger partial charge in [-0.1, -0.05) is 61.7 Å². The molecule has 3 rings (SSSR count). The quantitative estimate of drug-likeness (QED) is 0.663. The molecule has 158 valence electrons. The lowest BCUT2D eigenvalue weighted by Gasteiger charge is -2.29. The van der Waals surface area contributed by atoms with Gasteiger partial charge in [-0.2, -0.15) is 0 Å². The van der Waals surface area contributed by atoms with Crippen LogP contribution in [0, 0.1) is 12.8 Å². The minimum atomic E-state index is -0.758. The number of carbonyl (C=O) groups is 3. The first-order valence-corrected chi connectivity index (χ1v) is 10.5. The van der Waals surface area contributed by atoms with Gasteiger partial charge in [0.05, 0.1) is 11.3 Å². The molecule has 30 heavy (non-hydrogen) atoms. The molecule has 1 fully saturated rings. The Balaban J connectivity index is 1.61. The fourth-order valence-corrected chi connectivity index (χ4v) is 3.72. The molecule has 0 radical (unpaired) electrons. The Morgan fingerprint density at radius 2 is 1.63 bits per heavy atom. The van der Waals surface area contributed by atoms with E-state index < -0.39 is 11.8 Å². The van der Waals surface area contributed by atoms with Crippen LogP contribution in [0.25, 0.3) is 0 Å². The summed E-state index contributed by atoms with van der Waals surface area (Å²) < 4.78 is 0. The van der Waals surface area contributed by atoms with Crippen molar-refractivity contribution in [2.24, 2.45) is 5.92 Å². The summed E-state index contributed by atoms with van der Waals surface area (Å²) in [7, 11) is 0. The molecule has 0 aliphatic heterocycles. The van der Waals surface area contributed by atoms with Crippen LogP contribution in [0.1, 0.15) is 54.1 Å². The predicted octanol–water partition coefficient (Wildman–Crippen LogP) is 3.56. The number of anilines is 1. The lowest BCUT2D eigenvalue weighted by atomic mass is 9.86. The number of nitrogens with one attached hydrogen (secondary N) is 3. The summed E-state index contributed by atoms with van der Waals surface area (Å²) in [5.41, 5.74) is 2.77. The van der Waals surface area contributed by atoms with Crippen LogP contribution in [0.15, 0.2) is 48.5 Å². The molecule has 3 amide bonds. The maximum Gasteiger partial charge on any atom is 0.313 e. The molecule has 2 aromatic rings. The van der Waals surface area contributed by atoms with Gasteiger partial charge in [0.1, 0.15) is 0 Å². The van der Waals surface area contributed by atoms with Crippen molar-refractivity contribution in [3.05, 3.63) is 65.2 Å². The Labute approximate surface area is 177 Å². The van der Waals surface area contributed by atoms with Gasteiger partial charge in [0.15, 0.2) is 0 Å². The van der Waals surface area contributed by atoms with Crippen LogP contribution in [-0.4, -0.2) is 23.8 Å². The zero-order chi connectivity index (χ0) is 21.5. The SMILES string of the molecule is Cc1ccc(CNC(=O)c2ccccc2NC(=O)C(=O)N[C@@H]2CCCC[C@H]2C)cc1. The van der Waals surface area contributed by atoms with Crippen molar-refractivity contribution in [2.45, 2.75) is 52.1 Å². The Bertz CT molecular complexity index is 908. The molecule has 0 spiro atoms. The van der Waals surface area contributed by atoms with Crippen LogP contribution in [0.4, 0.5) is 5.69 Å². The van der Waals surface area contributed by atoms with Crippen LogP contribution in [0.3, 0.4) is 0 Å². The lowest BCUT2D eigenvalue weighted by molar-refractivity contribution is -0.137. The maximum absolute atomic E-state index is 12.7. The third-order valence-electron chi connectivity index (χ3n) is 5.63. The van der Waals surface area contributed by atoms with E-state index in [4.69, 9.17) is 0 Å². The first-order valence-electron chi connectivity index (χ1n) is 10.5. The number of carbonyl (C=O) groups excluding carboxylic acids is 3. The van der Waals surface area contributed by atoms with Crippen molar-refractivity contribution >= 4 is 23.4 Å². The van der Waals surface area contributed by atoms with E-state index in [9.17, 15) is 14.4 Å². The summed E-state index contributed by atoms with van der Waals surface area (Å²) in [6, 6.07) is 14.6. The third kappa shape index (κ3) is 5.69. The van der Waals surface area contributed by atoms with Gasteiger partial charge in [-0.25, -0.2) is 0 Å². The molecule has 3 N–H and O–H groups in total. The van der Waals surface area contributed by atoms with E-state index in [1.165, 1.54) is 0 Å². The lowest BCUT2D eigenvalue weighted by Crippen LogP contribution is -2.46. The Morgan fingerprint density at radius 1 is 0.933 bits per heavy atom. The minimum absolute atomic E-state index is 0.0186. The second-order valence-electron chi connectivity index (χ2n) is 8.01. The number of amides is 3. The van der Waals surface area contributed by atoms with Crippen molar-refractivity contribution < 1.29 is 14.4 Å². The van der Waals surface area contributed by atoms with Crippen LogP contribution >= 0.6 is 0 Å². The zero-order valence-electron chi connectivity index (χ0n) is 17.5. The molecule has 0 saturated heterocycles. The monoisotopic (exact) mass is 407 g/mol. The molecule has 6 heteroatoms. The van der Waals surface area contributed by atoms with Gasteiger partial charge in [-0.15, -0.1) is 0 Å². The van der Waals surface area contributed by atoms with Crippen molar-refractivity contribution in [2.75, 3.05) is 5.32 Å². The van der Waals surface area contributed by atoms with Gasteiger partial charge < -0.3 is 16.0 Å². The van der Waals surface area contributed by atoms with Crippen molar-refractivity contribution in [1.29, 1.82) is 0 Å². The van der Waals surface area contributed by atoms with E-state index in [1.54, 1.807) is 24.3 Å². The highest BCUT2D eigenvalue weighted by Gasteiger charge is 2.26. The largest absolute Gasteiger partial charge is 0.348 e. The van der Waals surface area contributed by atoms with E-state index in [1.807, 2.05) is 31.2 Å². The van der Waals surface area contributed by atoms with Crippen LogP contribution in [-0.2, 0) is 16.1 Å². The highest BCUT2D eigenvalue weighted by Crippen LogP contribution is 2.23. The van der Waals surface area contributed by atoms with Crippen LogP contribution in [0.2, 0.25) is 0 Å². The molecule has 6 nitrogen and oxygen atoms in total. The summed E-state index contributed by atoms with van der Waals surface area (Å²) in [5.74, 6) is -1.38. The van der Waals surface area contributed by atoms with E-state index in [0.717, 1.165) is 36.8 Å². The van der Waals surface area contributed by atoms with Gasteiger partial charge >= 0.3 is 11.8 Å². The van der Waals surface area contributed by atoms with E-state index in [2.05, 4.69) is 22.9 Å².